The van der Waals surface area contributed by atoms with Gasteiger partial charge in [-0.2, -0.15) is 13.2 Å². The Morgan fingerprint density at radius 1 is 1.45 bits per heavy atom. The first-order valence-corrected chi connectivity index (χ1v) is 3.22. The summed E-state index contributed by atoms with van der Waals surface area (Å²) in [6, 6.07) is -1.65. The molecule has 64 valence electrons. The van der Waals surface area contributed by atoms with Gasteiger partial charge in [0.05, 0.1) is 5.29 Å². The van der Waals surface area contributed by atoms with Crippen molar-refractivity contribution in [2.24, 2.45) is 5.29 Å². The summed E-state index contributed by atoms with van der Waals surface area (Å²) < 4.78 is 35.9. The van der Waals surface area contributed by atoms with Gasteiger partial charge in [0.15, 0.2) is 0 Å². The molecule has 1 rings (SSSR count). The molecule has 0 aromatic heterocycles. The first-order chi connectivity index (χ1) is 5.05. The van der Waals surface area contributed by atoms with Gasteiger partial charge in [0.1, 0.15) is 6.04 Å². The summed E-state index contributed by atoms with van der Waals surface area (Å²) in [5.41, 5.74) is 0. The Kier molecular flexibility index (Phi) is 2.01. The van der Waals surface area contributed by atoms with E-state index in [9.17, 15) is 18.1 Å². The standard InChI is InChI=1S/C5H7F3N2O/c6-5(7,8)4-2-1-3-10(4)9-11/h4H,1-3H2/t4-/m0/s1. The average Bonchev–Trinajstić information content (AvgIpc) is 2.31. The summed E-state index contributed by atoms with van der Waals surface area (Å²) in [7, 11) is 0. The summed E-state index contributed by atoms with van der Waals surface area (Å²) >= 11 is 0. The fourth-order valence-electron chi connectivity index (χ4n) is 1.18. The predicted molar refractivity (Wildman–Crippen MR) is 31.6 cm³/mol. The zero-order valence-corrected chi connectivity index (χ0v) is 5.64. The first-order valence-electron chi connectivity index (χ1n) is 3.22. The normalized spacial score (nSPS) is 25.7. The molecule has 1 aliphatic heterocycles. The quantitative estimate of drug-likeness (QED) is 0.558. The molecular weight excluding hydrogens is 161 g/mol. The van der Waals surface area contributed by atoms with Crippen LogP contribution in [0, 0.1) is 4.91 Å². The van der Waals surface area contributed by atoms with Crippen molar-refractivity contribution in [2.75, 3.05) is 6.54 Å². The molecule has 0 unspecified atom stereocenters. The number of nitroso groups, excluding NO2 is 1. The molecule has 3 nitrogen and oxygen atoms in total. The van der Waals surface area contributed by atoms with Crippen LogP contribution >= 0.6 is 0 Å². The SMILES string of the molecule is O=NN1CCC[C@H]1C(F)(F)F. The Morgan fingerprint density at radius 3 is 2.45 bits per heavy atom. The molecule has 1 fully saturated rings. The van der Waals surface area contributed by atoms with Gasteiger partial charge < -0.3 is 0 Å². The van der Waals surface area contributed by atoms with Gasteiger partial charge in [-0.25, -0.2) is 5.01 Å². The summed E-state index contributed by atoms with van der Waals surface area (Å²) in [5, 5.41) is 2.85. The first kappa shape index (κ1) is 8.29. The van der Waals surface area contributed by atoms with Crippen LogP contribution in [0.4, 0.5) is 13.2 Å². The number of alkyl halides is 3. The molecule has 0 N–H and O–H groups in total. The molecule has 0 saturated carbocycles. The maximum Gasteiger partial charge on any atom is 0.410 e. The van der Waals surface area contributed by atoms with Crippen molar-refractivity contribution in [3.63, 3.8) is 0 Å². The van der Waals surface area contributed by atoms with Crippen LogP contribution in [-0.4, -0.2) is 23.8 Å². The fraction of sp³-hybridized carbons (Fsp3) is 1.00. The number of hydrogen-bond acceptors (Lipinski definition) is 2. The van der Waals surface area contributed by atoms with Crippen LogP contribution in [0.3, 0.4) is 0 Å². The Morgan fingerprint density at radius 2 is 2.09 bits per heavy atom. The molecule has 0 aromatic carbocycles. The zero-order valence-electron chi connectivity index (χ0n) is 5.64. The maximum absolute atomic E-state index is 12.0. The second kappa shape index (κ2) is 2.67. The monoisotopic (exact) mass is 168 g/mol. The van der Waals surface area contributed by atoms with E-state index in [1.807, 2.05) is 0 Å². The van der Waals surface area contributed by atoms with Crippen molar-refractivity contribution >= 4 is 0 Å². The van der Waals surface area contributed by atoms with Crippen LogP contribution in [0.1, 0.15) is 12.8 Å². The highest BCUT2D eigenvalue weighted by Crippen LogP contribution is 2.32. The van der Waals surface area contributed by atoms with Crippen LogP contribution in [0.2, 0.25) is 0 Å². The summed E-state index contributed by atoms with van der Waals surface area (Å²) in [6.45, 7) is 0.119. The summed E-state index contributed by atoms with van der Waals surface area (Å²) in [5.74, 6) is 0. The maximum atomic E-state index is 12.0. The molecule has 1 heterocycles. The molecule has 0 bridgehead atoms. The third-order valence-corrected chi connectivity index (χ3v) is 1.71. The second-order valence-electron chi connectivity index (χ2n) is 2.44. The third kappa shape index (κ3) is 1.61. The molecular formula is C5H7F3N2O. The molecule has 1 aliphatic rings. The van der Waals surface area contributed by atoms with Crippen LogP contribution in [0.5, 0.6) is 0 Å². The van der Waals surface area contributed by atoms with E-state index in [1.165, 1.54) is 0 Å². The molecule has 0 aliphatic carbocycles. The average molecular weight is 168 g/mol. The third-order valence-electron chi connectivity index (χ3n) is 1.71. The van der Waals surface area contributed by atoms with E-state index in [-0.39, 0.29) is 13.0 Å². The van der Waals surface area contributed by atoms with Crippen molar-refractivity contribution in [2.45, 2.75) is 25.1 Å². The van der Waals surface area contributed by atoms with E-state index in [2.05, 4.69) is 5.29 Å². The Bertz CT molecular complexity index is 158. The van der Waals surface area contributed by atoms with Crippen molar-refractivity contribution in [3.8, 4) is 0 Å². The van der Waals surface area contributed by atoms with Crippen LogP contribution in [0.25, 0.3) is 0 Å². The fourth-order valence-corrected chi connectivity index (χ4v) is 1.18. The van der Waals surface area contributed by atoms with E-state index >= 15 is 0 Å². The van der Waals surface area contributed by atoms with Gasteiger partial charge in [-0.3, -0.25) is 0 Å². The van der Waals surface area contributed by atoms with Gasteiger partial charge in [0.25, 0.3) is 0 Å². The van der Waals surface area contributed by atoms with Crippen LogP contribution < -0.4 is 0 Å². The lowest BCUT2D eigenvalue weighted by Gasteiger charge is -2.20. The Hall–Kier alpha value is -0.810. The van der Waals surface area contributed by atoms with Gasteiger partial charge >= 0.3 is 6.18 Å². The van der Waals surface area contributed by atoms with Gasteiger partial charge in [-0.05, 0) is 12.8 Å². The summed E-state index contributed by atoms with van der Waals surface area (Å²) in [6.07, 6.45) is -3.95. The highest BCUT2D eigenvalue weighted by Gasteiger charge is 2.46. The molecule has 1 saturated heterocycles. The lowest BCUT2D eigenvalue weighted by atomic mass is 10.2. The van der Waals surface area contributed by atoms with Crippen LogP contribution in [0.15, 0.2) is 5.29 Å². The lowest BCUT2D eigenvalue weighted by molar-refractivity contribution is -0.176. The topological polar surface area (TPSA) is 32.7 Å². The zero-order chi connectivity index (χ0) is 8.48. The second-order valence-corrected chi connectivity index (χ2v) is 2.44. The van der Waals surface area contributed by atoms with Crippen molar-refractivity contribution in [1.82, 2.24) is 5.01 Å². The van der Waals surface area contributed by atoms with E-state index in [1.54, 1.807) is 0 Å². The van der Waals surface area contributed by atoms with Crippen molar-refractivity contribution in [1.29, 1.82) is 0 Å². The van der Waals surface area contributed by atoms with Crippen molar-refractivity contribution in [3.05, 3.63) is 4.91 Å². The predicted octanol–water partition coefficient (Wildman–Crippen LogP) is 1.69. The minimum Gasteiger partial charge on any atom is -0.249 e. The Labute approximate surface area is 61.1 Å². The number of rotatable bonds is 1. The Balaban J connectivity index is 2.63. The molecule has 0 spiro atoms. The van der Waals surface area contributed by atoms with E-state index < -0.39 is 12.2 Å². The minimum absolute atomic E-state index is 0.0186. The highest BCUT2D eigenvalue weighted by atomic mass is 19.4. The van der Waals surface area contributed by atoms with E-state index in [0.29, 0.717) is 11.4 Å². The number of halogens is 3. The lowest BCUT2D eigenvalue weighted by Crippen LogP contribution is -2.37. The van der Waals surface area contributed by atoms with Gasteiger partial charge in [-0.15, -0.1) is 4.91 Å². The molecule has 0 amide bonds. The molecule has 11 heavy (non-hydrogen) atoms. The van der Waals surface area contributed by atoms with Crippen molar-refractivity contribution < 1.29 is 13.2 Å². The molecule has 1 atom stereocenters. The largest absolute Gasteiger partial charge is 0.410 e. The van der Waals surface area contributed by atoms with Gasteiger partial charge in [-0.1, -0.05) is 0 Å². The minimum atomic E-state index is -4.32. The number of nitrogens with zero attached hydrogens (tertiary/aromatic N) is 2. The van der Waals surface area contributed by atoms with E-state index in [0.717, 1.165) is 0 Å². The number of hydrogen-bond donors (Lipinski definition) is 0. The highest BCUT2D eigenvalue weighted by molar-refractivity contribution is 4.82. The smallest absolute Gasteiger partial charge is 0.249 e. The molecule has 0 aromatic rings. The summed E-state index contributed by atoms with van der Waals surface area (Å²) in [4.78, 5) is 9.84. The molecule has 0 radical (unpaired) electrons. The molecule has 6 heteroatoms. The van der Waals surface area contributed by atoms with Crippen LogP contribution in [-0.2, 0) is 0 Å². The van der Waals surface area contributed by atoms with Gasteiger partial charge in [0, 0.05) is 6.54 Å². The van der Waals surface area contributed by atoms with E-state index in [4.69, 9.17) is 0 Å². The van der Waals surface area contributed by atoms with Gasteiger partial charge in [0.2, 0.25) is 0 Å².